The van der Waals surface area contributed by atoms with Gasteiger partial charge < -0.3 is 10.6 Å². The van der Waals surface area contributed by atoms with E-state index in [2.05, 4.69) is 26.9 Å². The summed E-state index contributed by atoms with van der Waals surface area (Å²) in [6, 6.07) is 9.39. The van der Waals surface area contributed by atoms with Gasteiger partial charge in [0.05, 0.1) is 17.5 Å². The van der Waals surface area contributed by atoms with Crippen molar-refractivity contribution in [1.29, 1.82) is 5.26 Å². The van der Waals surface area contributed by atoms with Crippen molar-refractivity contribution >= 4 is 50.3 Å². The van der Waals surface area contributed by atoms with E-state index in [0.29, 0.717) is 41.0 Å². The number of aromatic amines is 1. The predicted molar refractivity (Wildman–Crippen MR) is 136 cm³/mol. The molecule has 36 heavy (non-hydrogen) atoms. The number of nitrogens with one attached hydrogen (secondary N) is 3. The van der Waals surface area contributed by atoms with Gasteiger partial charge in [0, 0.05) is 53.4 Å². The summed E-state index contributed by atoms with van der Waals surface area (Å²) in [6.45, 7) is 2.50. The third kappa shape index (κ3) is 4.16. The lowest BCUT2D eigenvalue weighted by molar-refractivity contribution is 0.182. The molecule has 0 unspecified atom stereocenters. The highest BCUT2D eigenvalue weighted by atomic mass is 35.5. The molecule has 188 valence electrons. The topological polar surface area (TPSA) is 143 Å². The molecule has 0 aliphatic carbocycles. The number of H-pyrrole nitrogens is 1. The maximum absolute atomic E-state index is 13.2. The van der Waals surface area contributed by atoms with Crippen LogP contribution < -0.4 is 10.6 Å². The molecule has 3 atom stereocenters. The monoisotopic (exact) mass is 527 g/mol. The molecule has 2 aromatic heterocycles. The number of aryl methyl sites for hydroxylation is 1. The molecule has 3 aliphatic rings. The average Bonchev–Trinajstić information content (AvgIpc) is 3.33. The largest absolute Gasteiger partial charge is 0.351 e. The zero-order valence-corrected chi connectivity index (χ0v) is 21.2. The van der Waals surface area contributed by atoms with E-state index in [4.69, 9.17) is 26.8 Å². The first kappa shape index (κ1) is 23.4. The molecule has 3 aromatic rings. The highest BCUT2D eigenvalue weighted by Crippen LogP contribution is 2.41. The van der Waals surface area contributed by atoms with Gasteiger partial charge in [-0.25, -0.2) is 4.98 Å². The molecule has 6 rings (SSSR count). The number of hydrogen-bond acceptors (Lipinski definition) is 8. The van der Waals surface area contributed by atoms with Crippen LogP contribution in [0.3, 0.4) is 0 Å². The number of halogens is 1. The molecule has 5 heterocycles. The second-order valence-corrected chi connectivity index (χ2v) is 12.1. The fraction of sp³-hybridized carbons (Fsp3) is 0.478. The Morgan fingerprint density at radius 3 is 2.58 bits per heavy atom. The fourth-order valence-electron chi connectivity index (χ4n) is 5.52. The van der Waals surface area contributed by atoms with E-state index < -0.39 is 10.2 Å². The van der Waals surface area contributed by atoms with Gasteiger partial charge in [0.15, 0.2) is 5.82 Å². The summed E-state index contributed by atoms with van der Waals surface area (Å²) in [5.74, 6) is 1.51. The maximum Gasteiger partial charge on any atom is 0.282 e. The molecule has 0 spiro atoms. The molecule has 13 heteroatoms. The number of fused-ring (bicyclic) bond motifs is 3. The smallest absolute Gasteiger partial charge is 0.282 e. The maximum atomic E-state index is 13.2. The van der Waals surface area contributed by atoms with Gasteiger partial charge in [0.2, 0.25) is 5.95 Å². The molecule has 2 bridgehead atoms. The van der Waals surface area contributed by atoms with Gasteiger partial charge >= 0.3 is 0 Å². The summed E-state index contributed by atoms with van der Waals surface area (Å²) < 4.78 is 29.6. The molecule has 0 amide bonds. The summed E-state index contributed by atoms with van der Waals surface area (Å²) >= 11 is 6.24. The minimum atomic E-state index is -3.55. The Bertz CT molecular complexity index is 1450. The molecule has 3 fully saturated rings. The minimum absolute atomic E-state index is 0.0364. The van der Waals surface area contributed by atoms with Gasteiger partial charge in [-0.1, -0.05) is 11.6 Å². The molecule has 0 radical (unpaired) electrons. The van der Waals surface area contributed by atoms with Crippen LogP contribution >= 0.6 is 11.6 Å². The summed E-state index contributed by atoms with van der Waals surface area (Å²) in [4.78, 5) is 9.43. The van der Waals surface area contributed by atoms with Crippen LogP contribution in [0.1, 0.15) is 31.4 Å². The SMILES string of the molecule is Cc1cc(Nc2nc(N[C@@H]3C[C@H]4CC[C@@H](C3)N4S(=O)(=O)N3CC(C#N)C3)nc3cc(Cl)ccc23)n[nH]1. The number of nitriles is 1. The van der Waals surface area contributed by atoms with Crippen LogP contribution in [0.15, 0.2) is 24.3 Å². The van der Waals surface area contributed by atoms with Crippen LogP contribution in [0, 0.1) is 24.2 Å². The summed E-state index contributed by atoms with van der Waals surface area (Å²) in [7, 11) is -3.55. The van der Waals surface area contributed by atoms with E-state index >= 15 is 0 Å². The Hall–Kier alpha value is -2.98. The molecule has 3 aliphatic heterocycles. The summed E-state index contributed by atoms with van der Waals surface area (Å²) in [5.41, 5.74) is 1.62. The molecular formula is C23H26ClN9O2S. The lowest BCUT2D eigenvalue weighted by Crippen LogP contribution is -2.59. The van der Waals surface area contributed by atoms with Gasteiger partial charge in [-0.2, -0.15) is 32.4 Å². The van der Waals surface area contributed by atoms with Crippen LogP contribution in [0.25, 0.3) is 10.9 Å². The first-order valence-corrected chi connectivity index (χ1v) is 13.8. The fourth-order valence-corrected chi connectivity index (χ4v) is 7.82. The molecule has 3 N–H and O–H groups in total. The van der Waals surface area contributed by atoms with Crippen LogP contribution in [0.5, 0.6) is 0 Å². The third-order valence-electron chi connectivity index (χ3n) is 7.23. The van der Waals surface area contributed by atoms with Gasteiger partial charge in [0.25, 0.3) is 10.2 Å². The molecule has 1 aromatic carbocycles. The highest BCUT2D eigenvalue weighted by Gasteiger charge is 2.51. The third-order valence-corrected chi connectivity index (χ3v) is 9.55. The molecule has 0 saturated carbocycles. The quantitative estimate of drug-likeness (QED) is 0.443. The highest BCUT2D eigenvalue weighted by molar-refractivity contribution is 7.86. The van der Waals surface area contributed by atoms with Crippen molar-refractivity contribution in [2.24, 2.45) is 5.92 Å². The Morgan fingerprint density at radius 1 is 1.17 bits per heavy atom. The van der Waals surface area contributed by atoms with Crippen molar-refractivity contribution in [3.05, 3.63) is 35.0 Å². The number of benzene rings is 1. The standard InChI is InChI=1S/C23H26ClN9O2S/c1-13-6-21(31-30-13)28-22-19-5-2-15(24)7-20(19)27-23(29-22)26-16-8-17-3-4-18(9-16)33(17)36(34,35)32-11-14(10-25)12-32/h2,5-7,14,16-18H,3-4,8-9,11-12H2,1H3,(H3,26,27,28,29,30,31)/t16-,17-,18+. The second kappa shape index (κ2) is 8.85. The second-order valence-electron chi connectivity index (χ2n) is 9.80. The summed E-state index contributed by atoms with van der Waals surface area (Å²) in [5, 5.41) is 24.3. The summed E-state index contributed by atoms with van der Waals surface area (Å²) in [6.07, 6.45) is 3.00. The van der Waals surface area contributed by atoms with E-state index in [1.165, 1.54) is 4.31 Å². The Morgan fingerprint density at radius 2 is 1.92 bits per heavy atom. The zero-order valence-electron chi connectivity index (χ0n) is 19.6. The number of rotatable bonds is 6. The lowest BCUT2D eigenvalue weighted by atomic mass is 10.00. The Balaban J connectivity index is 1.23. The zero-order chi connectivity index (χ0) is 25.0. The van der Waals surface area contributed by atoms with Crippen LogP contribution in [0.2, 0.25) is 5.02 Å². The van der Waals surface area contributed by atoms with E-state index in [0.717, 1.165) is 23.9 Å². The Labute approximate surface area is 214 Å². The van der Waals surface area contributed by atoms with E-state index in [-0.39, 0.29) is 37.1 Å². The van der Waals surface area contributed by atoms with Crippen LogP contribution in [-0.2, 0) is 10.2 Å². The minimum Gasteiger partial charge on any atom is -0.351 e. The van der Waals surface area contributed by atoms with Gasteiger partial charge in [0.1, 0.15) is 5.82 Å². The molecule has 3 saturated heterocycles. The van der Waals surface area contributed by atoms with Crippen molar-refractivity contribution < 1.29 is 8.42 Å². The van der Waals surface area contributed by atoms with Gasteiger partial charge in [-0.15, -0.1) is 0 Å². The van der Waals surface area contributed by atoms with Crippen molar-refractivity contribution in [3.63, 3.8) is 0 Å². The van der Waals surface area contributed by atoms with Crippen molar-refractivity contribution in [2.45, 2.75) is 50.7 Å². The normalized spacial score (nSPS) is 25.0. The number of anilines is 3. The Kier molecular flexibility index (Phi) is 5.75. The van der Waals surface area contributed by atoms with Gasteiger partial charge in [-0.05, 0) is 50.8 Å². The van der Waals surface area contributed by atoms with Crippen molar-refractivity contribution in [1.82, 2.24) is 28.8 Å². The predicted octanol–water partition coefficient (Wildman–Crippen LogP) is 3.17. The average molecular weight is 528 g/mol. The first-order valence-electron chi connectivity index (χ1n) is 12.0. The number of piperidine rings is 1. The number of hydrogen-bond donors (Lipinski definition) is 3. The number of aromatic nitrogens is 4. The van der Waals surface area contributed by atoms with Crippen molar-refractivity contribution in [2.75, 3.05) is 23.7 Å². The lowest BCUT2D eigenvalue weighted by Gasteiger charge is -2.43. The molecular weight excluding hydrogens is 502 g/mol. The van der Waals surface area contributed by atoms with Gasteiger partial charge in [-0.3, -0.25) is 5.10 Å². The van der Waals surface area contributed by atoms with E-state index in [1.54, 1.807) is 16.4 Å². The van der Waals surface area contributed by atoms with Crippen LogP contribution in [0.4, 0.5) is 17.6 Å². The number of nitrogens with zero attached hydrogens (tertiary/aromatic N) is 6. The van der Waals surface area contributed by atoms with E-state index in [9.17, 15) is 8.42 Å². The molecule has 11 nitrogen and oxygen atoms in total. The van der Waals surface area contributed by atoms with Crippen LogP contribution in [-0.4, -0.2) is 68.4 Å². The van der Waals surface area contributed by atoms with Crippen molar-refractivity contribution in [3.8, 4) is 6.07 Å². The van der Waals surface area contributed by atoms with E-state index in [1.807, 2.05) is 19.1 Å². The first-order chi connectivity index (χ1) is 17.3.